The first-order valence-corrected chi connectivity index (χ1v) is 7.42. The Morgan fingerprint density at radius 3 is 2.85 bits per heavy atom. The van der Waals surface area contributed by atoms with Crippen molar-refractivity contribution in [3.63, 3.8) is 0 Å². The zero-order valence-electron chi connectivity index (χ0n) is 11.6. The zero-order chi connectivity index (χ0) is 13.9. The Bertz CT molecular complexity index is 475. The van der Waals surface area contributed by atoms with E-state index in [0.717, 1.165) is 25.4 Å². The first-order chi connectivity index (χ1) is 9.74. The predicted octanol–water partition coefficient (Wildman–Crippen LogP) is 1.82. The smallest absolute Gasteiger partial charge is 0.269 e. The van der Waals surface area contributed by atoms with Crippen LogP contribution in [0.15, 0.2) is 24.3 Å². The second-order valence-electron chi connectivity index (χ2n) is 5.84. The average Bonchev–Trinajstić information content (AvgIpc) is 2.94. The van der Waals surface area contributed by atoms with Crippen LogP contribution in [0.3, 0.4) is 0 Å². The molecular weight excluding hydrogens is 254 g/mol. The minimum absolute atomic E-state index is 0.173. The quantitative estimate of drug-likeness (QED) is 0.672. The van der Waals surface area contributed by atoms with Crippen molar-refractivity contribution in [2.24, 2.45) is 5.92 Å². The summed E-state index contributed by atoms with van der Waals surface area (Å²) in [5, 5.41) is 14.1. The van der Waals surface area contributed by atoms with Crippen LogP contribution < -0.4 is 5.32 Å². The fourth-order valence-electron chi connectivity index (χ4n) is 3.50. The number of hydrogen-bond acceptors (Lipinski definition) is 4. The highest BCUT2D eigenvalue weighted by Gasteiger charge is 2.34. The maximum atomic E-state index is 10.6. The first kappa shape index (κ1) is 13.5. The van der Waals surface area contributed by atoms with Gasteiger partial charge in [-0.05, 0) is 43.8 Å². The molecule has 1 aromatic carbocycles. The number of nitrogens with zero attached hydrogens (tertiary/aromatic N) is 2. The molecule has 20 heavy (non-hydrogen) atoms. The van der Waals surface area contributed by atoms with Gasteiger partial charge < -0.3 is 5.32 Å². The van der Waals surface area contributed by atoms with E-state index >= 15 is 0 Å². The van der Waals surface area contributed by atoms with Crippen molar-refractivity contribution in [2.75, 3.05) is 26.2 Å². The molecule has 1 aromatic rings. The topological polar surface area (TPSA) is 58.4 Å². The van der Waals surface area contributed by atoms with Crippen LogP contribution in [0, 0.1) is 16.0 Å². The van der Waals surface area contributed by atoms with Crippen molar-refractivity contribution in [1.82, 2.24) is 10.2 Å². The Labute approximate surface area is 119 Å². The van der Waals surface area contributed by atoms with Crippen molar-refractivity contribution < 1.29 is 4.92 Å². The molecule has 2 unspecified atom stereocenters. The van der Waals surface area contributed by atoms with Crippen molar-refractivity contribution in [2.45, 2.75) is 25.3 Å². The Morgan fingerprint density at radius 1 is 1.30 bits per heavy atom. The van der Waals surface area contributed by atoms with Gasteiger partial charge in [0.1, 0.15) is 0 Å². The van der Waals surface area contributed by atoms with Gasteiger partial charge in [-0.1, -0.05) is 12.1 Å². The third-order valence-electron chi connectivity index (χ3n) is 4.63. The molecular formula is C15H21N3O2. The maximum absolute atomic E-state index is 10.6. The maximum Gasteiger partial charge on any atom is 0.269 e. The molecule has 0 radical (unpaired) electrons. The highest BCUT2D eigenvalue weighted by molar-refractivity contribution is 5.32. The molecule has 108 valence electrons. The van der Waals surface area contributed by atoms with Crippen molar-refractivity contribution in [3.05, 3.63) is 39.9 Å². The number of piperidine rings is 1. The molecule has 0 bridgehead atoms. The molecule has 0 saturated carbocycles. The molecule has 0 aromatic heterocycles. The number of hydrogen-bond donors (Lipinski definition) is 1. The van der Waals surface area contributed by atoms with Gasteiger partial charge in [0.15, 0.2) is 0 Å². The molecule has 2 aliphatic heterocycles. The van der Waals surface area contributed by atoms with Crippen LogP contribution >= 0.6 is 0 Å². The normalized spacial score (nSPS) is 26.4. The summed E-state index contributed by atoms with van der Waals surface area (Å²) in [5.41, 5.74) is 1.36. The average molecular weight is 275 g/mol. The lowest BCUT2D eigenvalue weighted by atomic mass is 9.92. The second-order valence-corrected chi connectivity index (χ2v) is 5.84. The third-order valence-corrected chi connectivity index (χ3v) is 4.63. The molecule has 2 saturated heterocycles. The highest BCUT2D eigenvalue weighted by atomic mass is 16.6. The number of non-ortho nitro benzene ring substituents is 1. The molecule has 2 atom stereocenters. The van der Waals surface area contributed by atoms with Crippen molar-refractivity contribution >= 4 is 5.69 Å². The van der Waals surface area contributed by atoms with Crippen LogP contribution in [0.25, 0.3) is 0 Å². The molecule has 5 heteroatoms. The summed E-state index contributed by atoms with van der Waals surface area (Å²) in [4.78, 5) is 12.9. The molecule has 3 rings (SSSR count). The van der Waals surface area contributed by atoms with Gasteiger partial charge in [-0.25, -0.2) is 0 Å². The van der Waals surface area contributed by atoms with E-state index in [4.69, 9.17) is 0 Å². The van der Waals surface area contributed by atoms with Gasteiger partial charge in [0.05, 0.1) is 4.92 Å². The number of nitrogens with one attached hydrogen (secondary N) is 1. The van der Waals surface area contributed by atoms with Gasteiger partial charge in [-0.2, -0.15) is 0 Å². The zero-order valence-corrected chi connectivity index (χ0v) is 11.6. The molecule has 0 spiro atoms. The Hall–Kier alpha value is -1.46. The number of rotatable bonds is 4. The van der Waals surface area contributed by atoms with E-state index in [1.54, 1.807) is 12.1 Å². The molecule has 5 nitrogen and oxygen atoms in total. The summed E-state index contributed by atoms with van der Waals surface area (Å²) >= 11 is 0. The summed E-state index contributed by atoms with van der Waals surface area (Å²) < 4.78 is 0. The highest BCUT2D eigenvalue weighted by Crippen LogP contribution is 2.26. The Morgan fingerprint density at radius 2 is 2.10 bits per heavy atom. The van der Waals surface area contributed by atoms with Crippen LogP contribution in [0.1, 0.15) is 18.4 Å². The lowest BCUT2D eigenvalue weighted by Crippen LogP contribution is -2.45. The van der Waals surface area contributed by atoms with Gasteiger partial charge in [-0.15, -0.1) is 0 Å². The van der Waals surface area contributed by atoms with E-state index in [-0.39, 0.29) is 10.6 Å². The number of likely N-dealkylation sites (tertiary alicyclic amines) is 1. The van der Waals surface area contributed by atoms with E-state index in [1.807, 2.05) is 12.1 Å². The fourth-order valence-corrected chi connectivity index (χ4v) is 3.50. The Kier molecular flexibility index (Phi) is 3.98. The summed E-state index contributed by atoms with van der Waals surface area (Å²) in [5.74, 6) is 0.820. The van der Waals surface area contributed by atoms with Crippen LogP contribution in [-0.2, 0) is 6.42 Å². The van der Waals surface area contributed by atoms with E-state index < -0.39 is 0 Å². The Balaban J connectivity index is 1.57. The van der Waals surface area contributed by atoms with E-state index in [9.17, 15) is 10.1 Å². The second kappa shape index (κ2) is 5.89. The summed E-state index contributed by atoms with van der Waals surface area (Å²) in [7, 11) is 0. The molecule has 2 heterocycles. The van der Waals surface area contributed by atoms with Gasteiger partial charge in [0.25, 0.3) is 5.69 Å². The summed E-state index contributed by atoms with van der Waals surface area (Å²) in [6.45, 7) is 4.53. The van der Waals surface area contributed by atoms with Gasteiger partial charge in [-0.3, -0.25) is 15.0 Å². The standard InChI is InChI=1S/C15H21N3O2/c19-18(20)14-5-3-12(4-6-14)7-9-17-8-1-2-13-10-16-11-15(13)17/h3-6,13,15-16H,1-2,7-11H2. The van der Waals surface area contributed by atoms with Crippen LogP contribution in [0.2, 0.25) is 0 Å². The summed E-state index contributed by atoms with van der Waals surface area (Å²) in [6.07, 6.45) is 3.62. The van der Waals surface area contributed by atoms with Gasteiger partial charge >= 0.3 is 0 Å². The molecule has 2 fully saturated rings. The van der Waals surface area contributed by atoms with E-state index in [0.29, 0.717) is 6.04 Å². The first-order valence-electron chi connectivity index (χ1n) is 7.42. The number of benzene rings is 1. The van der Waals surface area contributed by atoms with Crippen LogP contribution in [0.4, 0.5) is 5.69 Å². The van der Waals surface area contributed by atoms with Gasteiger partial charge in [0.2, 0.25) is 0 Å². The fraction of sp³-hybridized carbons (Fsp3) is 0.600. The lowest BCUT2D eigenvalue weighted by molar-refractivity contribution is -0.384. The van der Waals surface area contributed by atoms with E-state index in [1.165, 1.54) is 31.5 Å². The van der Waals surface area contributed by atoms with E-state index in [2.05, 4.69) is 10.2 Å². The largest absolute Gasteiger partial charge is 0.315 e. The summed E-state index contributed by atoms with van der Waals surface area (Å²) in [6, 6.07) is 7.66. The van der Waals surface area contributed by atoms with Crippen LogP contribution in [0.5, 0.6) is 0 Å². The monoisotopic (exact) mass is 275 g/mol. The van der Waals surface area contributed by atoms with Crippen molar-refractivity contribution in [3.8, 4) is 0 Å². The minimum atomic E-state index is -0.344. The number of fused-ring (bicyclic) bond motifs is 1. The van der Waals surface area contributed by atoms with Crippen molar-refractivity contribution in [1.29, 1.82) is 0 Å². The lowest BCUT2D eigenvalue weighted by Gasteiger charge is -2.37. The van der Waals surface area contributed by atoms with Crippen LogP contribution in [-0.4, -0.2) is 42.0 Å². The van der Waals surface area contributed by atoms with Gasteiger partial charge in [0, 0.05) is 31.3 Å². The number of nitro groups is 1. The minimum Gasteiger partial charge on any atom is -0.315 e. The molecule has 0 amide bonds. The molecule has 2 aliphatic rings. The SMILES string of the molecule is O=[N+]([O-])c1ccc(CCN2CCCC3CNCC32)cc1. The number of nitro benzene ring substituents is 1. The third kappa shape index (κ3) is 2.83. The molecule has 1 N–H and O–H groups in total. The predicted molar refractivity (Wildman–Crippen MR) is 77.8 cm³/mol. The molecule has 0 aliphatic carbocycles.